The fourth-order valence-corrected chi connectivity index (χ4v) is 1.15. The predicted molar refractivity (Wildman–Crippen MR) is 50.0 cm³/mol. The second-order valence-electron chi connectivity index (χ2n) is 2.83. The maximum atomic E-state index is 5.52. The Balaban J connectivity index is 2.67. The van der Waals surface area contributed by atoms with E-state index in [1.54, 1.807) is 7.11 Å². The molecule has 0 aliphatic carbocycles. The van der Waals surface area contributed by atoms with Crippen LogP contribution in [0.25, 0.3) is 0 Å². The molecule has 0 aromatic carbocycles. The zero-order valence-electron chi connectivity index (χ0n) is 8.04. The van der Waals surface area contributed by atoms with Crippen LogP contribution in [-0.4, -0.2) is 13.7 Å². The average molecular weight is 184 g/mol. The normalized spacial score (nSPS) is 13.2. The fourth-order valence-electron chi connectivity index (χ4n) is 1.15. The van der Waals surface area contributed by atoms with E-state index >= 15 is 0 Å². The maximum Gasteiger partial charge on any atom is 0.124 e. The van der Waals surface area contributed by atoms with Gasteiger partial charge < -0.3 is 9.15 Å². The number of hydrogen-bond acceptors (Lipinski definition) is 4. The zero-order valence-corrected chi connectivity index (χ0v) is 8.04. The summed E-state index contributed by atoms with van der Waals surface area (Å²) in [6.07, 6.45) is 0.893. The highest BCUT2D eigenvalue weighted by Crippen LogP contribution is 2.16. The summed E-state index contributed by atoms with van der Waals surface area (Å²) in [5.41, 5.74) is 2.64. The summed E-state index contributed by atoms with van der Waals surface area (Å²) in [5.74, 6) is 7.14. The molecule has 1 unspecified atom stereocenters. The Morgan fingerprint density at radius 3 is 2.85 bits per heavy atom. The van der Waals surface area contributed by atoms with Crippen LogP contribution in [0, 0.1) is 0 Å². The van der Waals surface area contributed by atoms with Gasteiger partial charge in [0.05, 0.1) is 6.61 Å². The smallest absolute Gasteiger partial charge is 0.124 e. The summed E-state index contributed by atoms with van der Waals surface area (Å²) in [7, 11) is 1.63. The molecule has 0 saturated carbocycles. The molecule has 0 bridgehead atoms. The topological polar surface area (TPSA) is 60.4 Å². The second-order valence-corrected chi connectivity index (χ2v) is 2.83. The van der Waals surface area contributed by atoms with Crippen molar-refractivity contribution in [1.29, 1.82) is 0 Å². The summed E-state index contributed by atoms with van der Waals surface area (Å²) in [4.78, 5) is 0. The summed E-state index contributed by atoms with van der Waals surface area (Å²) >= 11 is 0. The Morgan fingerprint density at radius 2 is 2.38 bits per heavy atom. The fraction of sp³-hybridized carbons (Fsp3) is 0.556. The third kappa shape index (κ3) is 2.55. The number of rotatable bonds is 5. The SMILES string of the molecule is CCc1ccc(C(COC)NN)o1. The number of hydrogen-bond donors (Lipinski definition) is 2. The van der Waals surface area contributed by atoms with E-state index in [1.807, 2.05) is 19.1 Å². The minimum atomic E-state index is -0.0645. The molecule has 0 saturated heterocycles. The molecular weight excluding hydrogens is 168 g/mol. The van der Waals surface area contributed by atoms with Gasteiger partial charge in [-0.2, -0.15) is 0 Å². The molecule has 4 nitrogen and oxygen atoms in total. The van der Waals surface area contributed by atoms with Gasteiger partial charge in [0.2, 0.25) is 0 Å². The van der Waals surface area contributed by atoms with E-state index in [0.29, 0.717) is 6.61 Å². The van der Waals surface area contributed by atoms with Gasteiger partial charge in [0.15, 0.2) is 0 Å². The van der Waals surface area contributed by atoms with Crippen molar-refractivity contribution in [3.05, 3.63) is 23.7 Å². The molecule has 3 N–H and O–H groups in total. The number of nitrogens with one attached hydrogen (secondary N) is 1. The Bertz CT molecular complexity index is 248. The highest BCUT2D eigenvalue weighted by atomic mass is 16.5. The van der Waals surface area contributed by atoms with Crippen molar-refractivity contribution in [3.8, 4) is 0 Å². The van der Waals surface area contributed by atoms with Crippen molar-refractivity contribution >= 4 is 0 Å². The Labute approximate surface area is 78.0 Å². The number of ether oxygens (including phenoxy) is 1. The predicted octanol–water partition coefficient (Wildman–Crippen LogP) is 0.993. The van der Waals surface area contributed by atoms with Crippen LogP contribution < -0.4 is 11.3 Å². The van der Waals surface area contributed by atoms with Crippen LogP contribution in [0.15, 0.2) is 16.5 Å². The van der Waals surface area contributed by atoms with E-state index in [9.17, 15) is 0 Å². The van der Waals surface area contributed by atoms with Crippen molar-refractivity contribution < 1.29 is 9.15 Å². The summed E-state index contributed by atoms with van der Waals surface area (Å²) in [6.45, 7) is 2.55. The number of aryl methyl sites for hydroxylation is 1. The van der Waals surface area contributed by atoms with Crippen LogP contribution in [0.3, 0.4) is 0 Å². The average Bonchev–Trinajstić information content (AvgIpc) is 2.62. The van der Waals surface area contributed by atoms with Crippen molar-refractivity contribution in [2.45, 2.75) is 19.4 Å². The van der Waals surface area contributed by atoms with Crippen LogP contribution in [0.4, 0.5) is 0 Å². The molecule has 0 spiro atoms. The highest BCUT2D eigenvalue weighted by Gasteiger charge is 2.12. The molecule has 0 amide bonds. The molecule has 1 aromatic heterocycles. The summed E-state index contributed by atoms with van der Waals surface area (Å²) in [6, 6.07) is 3.81. The number of nitrogens with two attached hydrogens (primary N) is 1. The summed E-state index contributed by atoms with van der Waals surface area (Å²) in [5, 5.41) is 0. The van der Waals surface area contributed by atoms with E-state index < -0.39 is 0 Å². The lowest BCUT2D eigenvalue weighted by molar-refractivity contribution is 0.157. The van der Waals surface area contributed by atoms with Crippen molar-refractivity contribution in [1.82, 2.24) is 5.43 Å². The first-order valence-corrected chi connectivity index (χ1v) is 4.35. The molecule has 0 radical (unpaired) electrons. The minimum Gasteiger partial charge on any atom is -0.464 e. The van der Waals surface area contributed by atoms with Crippen LogP contribution in [-0.2, 0) is 11.2 Å². The lowest BCUT2D eigenvalue weighted by atomic mass is 10.2. The van der Waals surface area contributed by atoms with E-state index in [0.717, 1.165) is 17.9 Å². The van der Waals surface area contributed by atoms with Crippen LogP contribution in [0.5, 0.6) is 0 Å². The number of methoxy groups -OCH3 is 1. The van der Waals surface area contributed by atoms with Gasteiger partial charge in [-0.3, -0.25) is 5.84 Å². The van der Waals surface area contributed by atoms with Gasteiger partial charge in [-0.1, -0.05) is 6.92 Å². The van der Waals surface area contributed by atoms with Gasteiger partial charge >= 0.3 is 0 Å². The van der Waals surface area contributed by atoms with Crippen molar-refractivity contribution in [3.63, 3.8) is 0 Å². The molecule has 74 valence electrons. The minimum absolute atomic E-state index is 0.0645. The van der Waals surface area contributed by atoms with Crippen molar-refractivity contribution in [2.75, 3.05) is 13.7 Å². The molecule has 1 rings (SSSR count). The third-order valence-electron chi connectivity index (χ3n) is 1.91. The molecule has 1 heterocycles. The van der Waals surface area contributed by atoms with E-state index in [4.69, 9.17) is 15.0 Å². The lowest BCUT2D eigenvalue weighted by Gasteiger charge is -2.11. The summed E-state index contributed by atoms with van der Waals surface area (Å²) < 4.78 is 10.5. The first-order valence-electron chi connectivity index (χ1n) is 4.35. The molecular formula is C9H16N2O2. The quantitative estimate of drug-likeness (QED) is 0.529. The van der Waals surface area contributed by atoms with Gasteiger partial charge in [0.25, 0.3) is 0 Å². The van der Waals surface area contributed by atoms with Crippen molar-refractivity contribution in [2.24, 2.45) is 5.84 Å². The van der Waals surface area contributed by atoms with Crippen LogP contribution in [0.2, 0.25) is 0 Å². The van der Waals surface area contributed by atoms with Gasteiger partial charge in [-0.25, -0.2) is 5.43 Å². The molecule has 0 fully saturated rings. The second kappa shape index (κ2) is 5.01. The highest BCUT2D eigenvalue weighted by molar-refractivity contribution is 5.10. The van der Waals surface area contributed by atoms with Crippen LogP contribution in [0.1, 0.15) is 24.5 Å². The first kappa shape index (κ1) is 10.2. The van der Waals surface area contributed by atoms with Gasteiger partial charge in [-0.05, 0) is 12.1 Å². The largest absolute Gasteiger partial charge is 0.464 e. The van der Waals surface area contributed by atoms with E-state index in [1.165, 1.54) is 0 Å². The Hall–Kier alpha value is -0.840. The number of hydrazine groups is 1. The van der Waals surface area contributed by atoms with Gasteiger partial charge in [0, 0.05) is 13.5 Å². The number of furan rings is 1. The van der Waals surface area contributed by atoms with Gasteiger partial charge in [0.1, 0.15) is 17.6 Å². The maximum absolute atomic E-state index is 5.52. The first-order chi connectivity index (χ1) is 6.31. The molecule has 1 aromatic rings. The lowest BCUT2D eigenvalue weighted by Crippen LogP contribution is -2.30. The standard InChI is InChI=1S/C9H16N2O2/c1-3-7-4-5-9(13-7)8(11-10)6-12-2/h4-5,8,11H,3,6,10H2,1-2H3. The van der Waals surface area contributed by atoms with Gasteiger partial charge in [-0.15, -0.1) is 0 Å². The Kier molecular flexibility index (Phi) is 3.95. The van der Waals surface area contributed by atoms with E-state index in [-0.39, 0.29) is 6.04 Å². The molecule has 0 aliphatic heterocycles. The third-order valence-corrected chi connectivity index (χ3v) is 1.91. The molecule has 4 heteroatoms. The monoisotopic (exact) mass is 184 g/mol. The van der Waals surface area contributed by atoms with E-state index in [2.05, 4.69) is 5.43 Å². The Morgan fingerprint density at radius 1 is 1.62 bits per heavy atom. The zero-order chi connectivity index (χ0) is 9.68. The van der Waals surface area contributed by atoms with Crippen LogP contribution >= 0.6 is 0 Å². The molecule has 0 aliphatic rings. The molecule has 1 atom stereocenters. The molecule has 13 heavy (non-hydrogen) atoms.